The number of urea groups is 1. The van der Waals surface area contributed by atoms with E-state index in [0.29, 0.717) is 6.07 Å². The molecule has 13 heteroatoms. The minimum absolute atomic E-state index is 0.0227. The zero-order chi connectivity index (χ0) is 20.7. The molecule has 2 aromatic carbocycles. The number of rotatable bonds is 4. The number of nitro groups is 1. The van der Waals surface area contributed by atoms with Crippen LogP contribution in [0.15, 0.2) is 36.4 Å². The smallest absolute Gasteiger partial charge is 0.307 e. The number of nitrogens with one attached hydrogen (secondary N) is 4. The van der Waals surface area contributed by atoms with Crippen LogP contribution in [0.5, 0.6) is 0 Å². The Morgan fingerprint density at radius 2 is 1.82 bits per heavy atom. The standard InChI is InChI=1S/C15H10ClF4N5O3/c16-10-3-2-8(6-12(10)25(27)28)21-13(26)22-11-4-1-7(17)5-9(11)14(23-24-14)15(18,19)20/h1-6,23-24H,(H2,21,22,26). The second-order valence-corrected chi connectivity index (χ2v) is 6.10. The van der Waals surface area contributed by atoms with Crippen molar-refractivity contribution in [3.05, 3.63) is 62.9 Å². The Bertz CT molecular complexity index is 965. The van der Waals surface area contributed by atoms with E-state index in [4.69, 9.17) is 11.6 Å². The Morgan fingerprint density at radius 1 is 1.14 bits per heavy atom. The molecule has 1 heterocycles. The number of hydrogen-bond acceptors (Lipinski definition) is 5. The molecule has 0 radical (unpaired) electrons. The Balaban J connectivity index is 1.84. The van der Waals surface area contributed by atoms with Crippen LogP contribution in [0.3, 0.4) is 0 Å². The highest BCUT2D eigenvalue weighted by molar-refractivity contribution is 6.32. The molecule has 8 nitrogen and oxygen atoms in total. The topological polar surface area (TPSA) is 128 Å². The fourth-order valence-corrected chi connectivity index (χ4v) is 2.63. The number of carbonyl (C=O) groups is 1. The first-order valence-corrected chi connectivity index (χ1v) is 7.84. The molecular formula is C15H10ClF4N5O3. The predicted octanol–water partition coefficient (Wildman–Crippen LogP) is 3.85. The molecule has 148 valence electrons. The number of hydrazine groups is 1. The van der Waals surface area contributed by atoms with Crippen molar-refractivity contribution in [1.29, 1.82) is 0 Å². The summed E-state index contributed by atoms with van der Waals surface area (Å²) in [6.07, 6.45) is -4.81. The molecule has 0 bridgehead atoms. The van der Waals surface area contributed by atoms with E-state index in [-0.39, 0.29) is 16.4 Å². The lowest BCUT2D eigenvalue weighted by atomic mass is 10.0. The monoisotopic (exact) mass is 419 g/mol. The number of nitro benzene ring substituents is 1. The van der Waals surface area contributed by atoms with Crippen molar-refractivity contribution >= 4 is 34.7 Å². The summed E-state index contributed by atoms with van der Waals surface area (Å²) in [4.78, 5) is 22.3. The maximum absolute atomic E-state index is 13.5. The lowest BCUT2D eigenvalue weighted by Crippen LogP contribution is -2.36. The van der Waals surface area contributed by atoms with Crippen LogP contribution >= 0.6 is 11.6 Å². The van der Waals surface area contributed by atoms with Crippen LogP contribution in [-0.4, -0.2) is 17.1 Å². The summed E-state index contributed by atoms with van der Waals surface area (Å²) in [6, 6.07) is 4.89. The first-order chi connectivity index (χ1) is 13.0. The maximum atomic E-state index is 13.5. The third-order valence-corrected chi connectivity index (χ3v) is 4.15. The lowest BCUT2D eigenvalue weighted by molar-refractivity contribution is -0.384. The molecular weight excluding hydrogens is 410 g/mol. The van der Waals surface area contributed by atoms with Crippen LogP contribution in [-0.2, 0) is 5.66 Å². The predicted molar refractivity (Wildman–Crippen MR) is 91.2 cm³/mol. The van der Waals surface area contributed by atoms with Gasteiger partial charge in [-0.15, -0.1) is 0 Å². The van der Waals surface area contributed by atoms with E-state index in [1.54, 1.807) is 0 Å². The zero-order valence-electron chi connectivity index (χ0n) is 13.5. The number of anilines is 2. The lowest BCUT2D eigenvalue weighted by Gasteiger charge is -2.20. The van der Waals surface area contributed by atoms with Crippen LogP contribution in [0.1, 0.15) is 5.56 Å². The van der Waals surface area contributed by atoms with Gasteiger partial charge in [0.2, 0.25) is 5.66 Å². The Hall–Kier alpha value is -2.96. The molecule has 4 N–H and O–H groups in total. The van der Waals surface area contributed by atoms with Gasteiger partial charge in [0, 0.05) is 23.0 Å². The van der Waals surface area contributed by atoms with Crippen molar-refractivity contribution < 1.29 is 27.3 Å². The first-order valence-electron chi connectivity index (χ1n) is 7.46. The molecule has 0 spiro atoms. The van der Waals surface area contributed by atoms with Crippen molar-refractivity contribution in [3.63, 3.8) is 0 Å². The molecule has 2 amide bonds. The highest BCUT2D eigenvalue weighted by Gasteiger charge is 2.66. The summed E-state index contributed by atoms with van der Waals surface area (Å²) < 4.78 is 53.4. The van der Waals surface area contributed by atoms with Gasteiger partial charge in [0.25, 0.3) is 5.69 Å². The summed E-state index contributed by atoms with van der Waals surface area (Å²) in [5, 5.41) is 15.1. The quantitative estimate of drug-likeness (QED) is 0.259. The Labute approximate surface area is 159 Å². The highest BCUT2D eigenvalue weighted by atomic mass is 35.5. The molecule has 1 aliphatic rings. The number of benzene rings is 2. The SMILES string of the molecule is O=C(Nc1ccc(Cl)c([N+](=O)[O-])c1)Nc1ccc(F)cc1C1(C(F)(F)F)NN1. The summed E-state index contributed by atoms with van der Waals surface area (Å²) >= 11 is 5.67. The van der Waals surface area contributed by atoms with Gasteiger partial charge < -0.3 is 10.6 Å². The van der Waals surface area contributed by atoms with Crippen molar-refractivity contribution in [2.75, 3.05) is 10.6 Å². The second-order valence-electron chi connectivity index (χ2n) is 5.69. The van der Waals surface area contributed by atoms with Crippen LogP contribution < -0.4 is 21.5 Å². The Morgan fingerprint density at radius 3 is 2.39 bits per heavy atom. The molecule has 0 aliphatic carbocycles. The fraction of sp³-hybridized carbons (Fsp3) is 0.133. The van der Waals surface area contributed by atoms with Crippen LogP contribution in [0, 0.1) is 15.9 Å². The van der Waals surface area contributed by atoms with Crippen molar-refractivity contribution in [2.45, 2.75) is 11.8 Å². The molecule has 1 fully saturated rings. The molecule has 0 saturated carbocycles. The van der Waals surface area contributed by atoms with E-state index in [0.717, 1.165) is 18.2 Å². The molecule has 2 aromatic rings. The molecule has 0 unspecified atom stereocenters. The molecule has 1 aliphatic heterocycles. The molecule has 1 saturated heterocycles. The van der Waals surface area contributed by atoms with Crippen LogP contribution in [0.2, 0.25) is 5.02 Å². The number of alkyl halides is 3. The number of hydrogen-bond donors (Lipinski definition) is 4. The fourth-order valence-electron chi connectivity index (χ4n) is 2.44. The normalized spacial score (nSPS) is 15.0. The largest absolute Gasteiger partial charge is 0.426 e. The molecule has 28 heavy (non-hydrogen) atoms. The summed E-state index contributed by atoms with van der Waals surface area (Å²) in [6.45, 7) is 0. The Kier molecular flexibility index (Phi) is 4.87. The van der Waals surface area contributed by atoms with Gasteiger partial charge in [-0.2, -0.15) is 13.2 Å². The van der Waals surface area contributed by atoms with Gasteiger partial charge >= 0.3 is 12.2 Å². The van der Waals surface area contributed by atoms with Crippen molar-refractivity contribution in [2.24, 2.45) is 0 Å². The third-order valence-electron chi connectivity index (χ3n) is 3.83. The highest BCUT2D eigenvalue weighted by Crippen LogP contribution is 2.45. The summed E-state index contributed by atoms with van der Waals surface area (Å²) in [5.41, 5.74) is -0.261. The van der Waals surface area contributed by atoms with Gasteiger partial charge in [-0.05, 0) is 30.3 Å². The van der Waals surface area contributed by atoms with Gasteiger partial charge in [0.15, 0.2) is 0 Å². The number of nitrogens with zero attached hydrogens (tertiary/aromatic N) is 1. The molecule has 0 aromatic heterocycles. The first kappa shape index (κ1) is 19.8. The molecule has 3 rings (SSSR count). The van der Waals surface area contributed by atoms with Crippen LogP contribution in [0.25, 0.3) is 0 Å². The van der Waals surface area contributed by atoms with Gasteiger partial charge in [0.05, 0.1) is 4.92 Å². The van der Waals surface area contributed by atoms with E-state index in [1.165, 1.54) is 12.1 Å². The zero-order valence-corrected chi connectivity index (χ0v) is 14.3. The summed E-state index contributed by atoms with van der Waals surface area (Å²) in [7, 11) is 0. The van der Waals surface area contributed by atoms with Gasteiger partial charge in [-0.25, -0.2) is 20.0 Å². The number of halogens is 5. The van der Waals surface area contributed by atoms with E-state index in [1.807, 2.05) is 10.9 Å². The average Bonchev–Trinajstić information content (AvgIpc) is 3.39. The van der Waals surface area contributed by atoms with E-state index in [2.05, 4.69) is 10.6 Å². The number of carbonyl (C=O) groups excluding carboxylic acids is 1. The van der Waals surface area contributed by atoms with Gasteiger partial charge in [-0.3, -0.25) is 10.1 Å². The third kappa shape index (κ3) is 3.69. The minimum atomic E-state index is -4.81. The van der Waals surface area contributed by atoms with Crippen molar-refractivity contribution in [1.82, 2.24) is 10.9 Å². The van der Waals surface area contributed by atoms with E-state index < -0.39 is 39.9 Å². The van der Waals surface area contributed by atoms with E-state index in [9.17, 15) is 32.5 Å². The summed E-state index contributed by atoms with van der Waals surface area (Å²) in [5.74, 6) is -0.937. The van der Waals surface area contributed by atoms with E-state index >= 15 is 0 Å². The van der Waals surface area contributed by atoms with Crippen molar-refractivity contribution in [3.8, 4) is 0 Å². The second kappa shape index (κ2) is 6.89. The molecule has 0 atom stereocenters. The van der Waals surface area contributed by atoms with Gasteiger partial charge in [0.1, 0.15) is 10.8 Å². The minimum Gasteiger partial charge on any atom is -0.307 e. The average molecular weight is 420 g/mol. The van der Waals surface area contributed by atoms with Crippen LogP contribution in [0.4, 0.5) is 39.4 Å². The number of amides is 2. The maximum Gasteiger partial charge on any atom is 0.426 e. The van der Waals surface area contributed by atoms with Gasteiger partial charge in [-0.1, -0.05) is 11.6 Å².